The Morgan fingerprint density at radius 3 is 2.42 bits per heavy atom. The standard InChI is InChI=1S/C55H62F2N10O6/c1-2-38-42(56)7-4-34-23-37(68)24-40(46(34)38)48-47(57)49-41(27-59-48)50(66-15-3-14-58-45(70)30-66)62-53(61-49)73-32-55(10-11-55)31-64-16-12-54(13-17-64)25-33(26-54)28-63-18-20-65(21-19-63)36-5-6-39-35(22-36)29-67(52(39)72)43-8-9-44(69)60-51(43)71/h4-7,22-24,27,33,43,68H,2-3,8-21,25-26,28-32H2,1H3,(H,58,70)(H,60,69,71)/t43-/m0/s1. The molecule has 3 aromatic carbocycles. The van der Waals surface area contributed by atoms with Crippen molar-refractivity contribution in [1.29, 1.82) is 0 Å². The quantitative estimate of drug-likeness (QED) is 0.125. The molecule has 2 aliphatic carbocycles. The molecule has 4 saturated heterocycles. The second-order valence-corrected chi connectivity index (χ2v) is 22.0. The number of hydrogen-bond donors (Lipinski definition) is 3. The first kappa shape index (κ1) is 47.5. The number of phenols is 1. The summed E-state index contributed by atoms with van der Waals surface area (Å²) in [5, 5.41) is 17.4. The summed E-state index contributed by atoms with van der Waals surface area (Å²) in [6.45, 7) is 11.6. The first-order chi connectivity index (χ1) is 35.3. The van der Waals surface area contributed by atoms with Gasteiger partial charge in [0, 0.05) is 93.7 Å². The molecule has 18 heteroatoms. The summed E-state index contributed by atoms with van der Waals surface area (Å²) in [5.41, 5.74) is 3.59. The first-order valence-corrected chi connectivity index (χ1v) is 26.3. The number of piperidine rings is 2. The van der Waals surface area contributed by atoms with Gasteiger partial charge in [-0.1, -0.05) is 13.0 Å². The number of hydrogen-bond acceptors (Lipinski definition) is 13. The molecule has 1 spiro atoms. The second-order valence-electron chi connectivity index (χ2n) is 22.0. The van der Waals surface area contributed by atoms with Gasteiger partial charge in [-0.3, -0.25) is 34.4 Å². The van der Waals surface area contributed by atoms with E-state index in [9.17, 15) is 24.3 Å². The van der Waals surface area contributed by atoms with Crippen molar-refractivity contribution in [3.05, 3.63) is 77.0 Å². The van der Waals surface area contributed by atoms with Crippen molar-refractivity contribution in [3.63, 3.8) is 0 Å². The Kier molecular flexibility index (Phi) is 12.2. The molecule has 1 atom stereocenters. The molecule has 5 aromatic rings. The summed E-state index contributed by atoms with van der Waals surface area (Å²) in [6, 6.07) is 11.3. The van der Waals surface area contributed by atoms with E-state index in [1.807, 2.05) is 24.0 Å². The van der Waals surface area contributed by atoms with E-state index in [0.717, 1.165) is 76.5 Å². The highest BCUT2D eigenvalue weighted by Gasteiger charge is 2.50. The van der Waals surface area contributed by atoms with E-state index in [1.54, 1.807) is 11.0 Å². The van der Waals surface area contributed by atoms with Gasteiger partial charge in [-0.25, -0.2) is 8.78 Å². The Labute approximate surface area is 422 Å². The molecule has 6 fully saturated rings. The van der Waals surface area contributed by atoms with E-state index in [-0.39, 0.29) is 70.5 Å². The largest absolute Gasteiger partial charge is 0.508 e. The number of imide groups is 1. The Bertz CT molecular complexity index is 3050. The maximum atomic E-state index is 17.1. The van der Waals surface area contributed by atoms with E-state index in [2.05, 4.69) is 41.4 Å². The third kappa shape index (κ3) is 9.08. The number of nitrogens with zero attached hydrogens (tertiary/aromatic N) is 8. The lowest BCUT2D eigenvalue weighted by Crippen LogP contribution is -2.53. The summed E-state index contributed by atoms with van der Waals surface area (Å²) < 4.78 is 38.8. The highest BCUT2D eigenvalue weighted by molar-refractivity contribution is 6.06. The van der Waals surface area contributed by atoms with Gasteiger partial charge in [-0.2, -0.15) is 9.97 Å². The number of halogens is 2. The Balaban J connectivity index is 0.660. The number of benzene rings is 3. The number of ether oxygens (including phenoxy) is 1. The number of nitrogens with one attached hydrogen (secondary N) is 2. The summed E-state index contributed by atoms with van der Waals surface area (Å²) >= 11 is 0. The summed E-state index contributed by atoms with van der Waals surface area (Å²) in [5.74, 6) is -1.18. The molecule has 2 saturated carbocycles. The Morgan fingerprint density at radius 1 is 0.849 bits per heavy atom. The van der Waals surface area contributed by atoms with Crippen LogP contribution in [0.25, 0.3) is 32.9 Å². The topological polar surface area (TPSA) is 177 Å². The van der Waals surface area contributed by atoms with Crippen LogP contribution in [0.4, 0.5) is 20.3 Å². The number of aromatic nitrogens is 3. The molecule has 5 aliphatic heterocycles. The monoisotopic (exact) mass is 996 g/mol. The number of aromatic hydroxyl groups is 1. The minimum Gasteiger partial charge on any atom is -0.508 e. The smallest absolute Gasteiger partial charge is 0.319 e. The van der Waals surface area contributed by atoms with Gasteiger partial charge in [-0.15, -0.1) is 0 Å². The van der Waals surface area contributed by atoms with Gasteiger partial charge in [-0.05, 0) is 141 Å². The SMILES string of the molecule is CCc1c(F)ccc2cc(O)cc(-c3ncc4c(N5CCCNC(=O)C5)nc(OCC5(CN6CCC7(CC6)CC(CN6CCN(c8ccc9c(c8)CN([C@H]8CCC(=O)NC8=O)C9=O)CC6)C7)CC5)nc4c3F)c12. The molecule has 3 N–H and O–H groups in total. The van der Waals surface area contributed by atoms with Crippen LogP contribution in [0, 0.1) is 28.4 Å². The number of phenolic OH excluding ortho intramolecular Hbond substituents is 1. The number of fused-ring (bicyclic) bond motifs is 3. The highest BCUT2D eigenvalue weighted by Crippen LogP contribution is 2.54. The number of carbonyl (C=O) groups excluding carboxylic acids is 4. The lowest BCUT2D eigenvalue weighted by Gasteiger charge is -2.54. The van der Waals surface area contributed by atoms with Crippen molar-refractivity contribution in [2.24, 2.45) is 16.7 Å². The second kappa shape index (κ2) is 18.7. The zero-order chi connectivity index (χ0) is 50.2. The van der Waals surface area contributed by atoms with E-state index < -0.39 is 17.7 Å². The lowest BCUT2D eigenvalue weighted by atomic mass is 9.57. The van der Waals surface area contributed by atoms with Crippen LogP contribution in [0.5, 0.6) is 11.8 Å². The maximum Gasteiger partial charge on any atom is 0.319 e. The number of amides is 4. The minimum absolute atomic E-state index is 0.0229. The lowest BCUT2D eigenvalue weighted by molar-refractivity contribution is -0.137. The zero-order valence-electron chi connectivity index (χ0n) is 41.4. The first-order valence-electron chi connectivity index (χ1n) is 26.3. The fraction of sp³-hybridized carbons (Fsp3) is 0.509. The third-order valence-electron chi connectivity index (χ3n) is 17.1. The molecule has 0 bridgehead atoms. The van der Waals surface area contributed by atoms with Crippen LogP contribution in [-0.2, 0) is 27.3 Å². The predicted molar refractivity (Wildman–Crippen MR) is 270 cm³/mol. The number of anilines is 2. The van der Waals surface area contributed by atoms with Crippen LogP contribution in [-0.4, -0.2) is 143 Å². The number of pyridine rings is 1. The molecule has 382 valence electrons. The maximum absolute atomic E-state index is 17.1. The van der Waals surface area contributed by atoms with E-state index >= 15 is 8.78 Å². The van der Waals surface area contributed by atoms with Crippen LogP contribution in [0.3, 0.4) is 0 Å². The Morgan fingerprint density at radius 2 is 1.66 bits per heavy atom. The normalized spacial score (nSPS) is 22.4. The number of piperazine rings is 1. The fourth-order valence-electron chi connectivity index (χ4n) is 13.0. The predicted octanol–water partition coefficient (Wildman–Crippen LogP) is 5.95. The number of rotatable bonds is 12. The van der Waals surface area contributed by atoms with E-state index in [4.69, 9.17) is 9.72 Å². The number of aryl methyl sites for hydroxylation is 1. The van der Waals surface area contributed by atoms with E-state index in [1.165, 1.54) is 50.1 Å². The van der Waals surface area contributed by atoms with Gasteiger partial charge < -0.3 is 34.8 Å². The van der Waals surface area contributed by atoms with E-state index in [0.29, 0.717) is 89.9 Å². The highest BCUT2D eigenvalue weighted by atomic mass is 19.1. The molecule has 0 radical (unpaired) electrons. The number of likely N-dealkylation sites (tertiary alicyclic amines) is 1. The van der Waals surface area contributed by atoms with Crippen LogP contribution >= 0.6 is 0 Å². The van der Waals surface area contributed by atoms with Crippen molar-refractivity contribution in [2.45, 2.75) is 83.7 Å². The molecule has 12 rings (SSSR count). The molecule has 7 heterocycles. The molecule has 7 aliphatic rings. The van der Waals surface area contributed by atoms with Crippen molar-refractivity contribution >= 4 is 56.8 Å². The molecule has 0 unspecified atom stereocenters. The summed E-state index contributed by atoms with van der Waals surface area (Å²) in [4.78, 5) is 75.3. The van der Waals surface area contributed by atoms with Gasteiger partial charge in [0.05, 0.1) is 18.5 Å². The van der Waals surface area contributed by atoms with Crippen LogP contribution in [0.15, 0.2) is 48.7 Å². The molecule has 4 amide bonds. The molecule has 16 nitrogen and oxygen atoms in total. The van der Waals surface area contributed by atoms with Gasteiger partial charge in [0.2, 0.25) is 17.7 Å². The average Bonchev–Trinajstić information content (AvgIpc) is 4.12. The van der Waals surface area contributed by atoms with Crippen LogP contribution < -0.4 is 25.2 Å². The van der Waals surface area contributed by atoms with Crippen molar-refractivity contribution in [1.82, 2.24) is 40.3 Å². The minimum atomic E-state index is -0.747. The molecular weight excluding hydrogens is 935 g/mol. The average molecular weight is 997 g/mol. The van der Waals surface area contributed by atoms with Gasteiger partial charge >= 0.3 is 6.01 Å². The van der Waals surface area contributed by atoms with Gasteiger partial charge in [0.1, 0.15) is 34.6 Å². The zero-order valence-corrected chi connectivity index (χ0v) is 41.4. The van der Waals surface area contributed by atoms with Crippen LogP contribution in [0.2, 0.25) is 0 Å². The summed E-state index contributed by atoms with van der Waals surface area (Å²) in [6.07, 6.45) is 10.0. The fourth-order valence-corrected chi connectivity index (χ4v) is 13.0. The van der Waals surface area contributed by atoms with Crippen LogP contribution in [0.1, 0.15) is 86.2 Å². The van der Waals surface area contributed by atoms with Gasteiger partial charge in [0.25, 0.3) is 5.91 Å². The van der Waals surface area contributed by atoms with Crippen molar-refractivity contribution in [2.75, 3.05) is 88.4 Å². The Hall–Kier alpha value is -6.53. The van der Waals surface area contributed by atoms with Gasteiger partial charge in [0.15, 0.2) is 5.82 Å². The van der Waals surface area contributed by atoms with Crippen molar-refractivity contribution < 1.29 is 37.8 Å². The molecule has 2 aromatic heterocycles. The third-order valence-corrected chi connectivity index (χ3v) is 17.1. The van der Waals surface area contributed by atoms with Crippen molar-refractivity contribution in [3.8, 4) is 23.0 Å². The summed E-state index contributed by atoms with van der Waals surface area (Å²) in [7, 11) is 0. The number of carbonyl (C=O) groups is 4. The molecule has 73 heavy (non-hydrogen) atoms. The molecular formula is C55H62F2N10O6.